The van der Waals surface area contributed by atoms with E-state index in [2.05, 4.69) is 5.32 Å². The molecule has 136 valence electrons. The number of nitrogens with one attached hydrogen (secondary N) is 1. The van der Waals surface area contributed by atoms with Crippen LogP contribution in [0.4, 0.5) is 0 Å². The first-order chi connectivity index (χ1) is 11.8. The summed E-state index contributed by atoms with van der Waals surface area (Å²) in [6, 6.07) is 11.8. The molecule has 1 unspecified atom stereocenters. The van der Waals surface area contributed by atoms with Crippen LogP contribution in [0.2, 0.25) is 5.02 Å². The highest BCUT2D eigenvalue weighted by Crippen LogP contribution is 2.20. The fourth-order valence-corrected chi connectivity index (χ4v) is 3.20. The minimum absolute atomic E-state index is 0.0233. The minimum Gasteiger partial charge on any atom is -0.492 e. The molecule has 0 fully saturated rings. The van der Waals surface area contributed by atoms with Gasteiger partial charge < -0.3 is 15.2 Å². The van der Waals surface area contributed by atoms with Gasteiger partial charge in [0.15, 0.2) is 0 Å². The smallest absolute Gasteiger partial charge is 0.238 e. The Bertz CT molecular complexity index is 810. The highest BCUT2D eigenvalue weighted by atomic mass is 35.5. The van der Waals surface area contributed by atoms with Crippen molar-refractivity contribution < 1.29 is 18.3 Å². The third kappa shape index (κ3) is 5.98. The van der Waals surface area contributed by atoms with Crippen LogP contribution in [0.3, 0.4) is 0 Å². The predicted octanol–water partition coefficient (Wildman–Crippen LogP) is 2.00. The third-order valence-electron chi connectivity index (χ3n) is 3.60. The van der Waals surface area contributed by atoms with Gasteiger partial charge in [0, 0.05) is 18.1 Å². The van der Waals surface area contributed by atoms with Crippen molar-refractivity contribution in [1.29, 1.82) is 0 Å². The fourth-order valence-electron chi connectivity index (χ4n) is 2.26. The van der Waals surface area contributed by atoms with Gasteiger partial charge in [0.1, 0.15) is 12.4 Å². The van der Waals surface area contributed by atoms with Gasteiger partial charge in [-0.15, -0.1) is 0 Å². The van der Waals surface area contributed by atoms with E-state index in [1.54, 1.807) is 43.3 Å². The van der Waals surface area contributed by atoms with Crippen LogP contribution in [0.1, 0.15) is 17.2 Å². The van der Waals surface area contributed by atoms with E-state index in [0.717, 1.165) is 0 Å². The first kappa shape index (κ1) is 19.7. The zero-order chi connectivity index (χ0) is 18.4. The number of hydrogen-bond acceptors (Lipinski definition) is 5. The topological polar surface area (TPSA) is 102 Å². The number of hydrogen-bond donors (Lipinski definition) is 3. The first-order valence-electron chi connectivity index (χ1n) is 7.68. The first-order valence-corrected chi connectivity index (χ1v) is 9.60. The number of nitrogens with two attached hydrogens (primary N) is 1. The molecule has 6 nitrogen and oxygen atoms in total. The van der Waals surface area contributed by atoms with E-state index < -0.39 is 16.1 Å². The van der Waals surface area contributed by atoms with Crippen molar-refractivity contribution in [3.05, 3.63) is 58.6 Å². The lowest BCUT2D eigenvalue weighted by molar-refractivity contribution is 0.171. The van der Waals surface area contributed by atoms with Gasteiger partial charge in [-0.05, 0) is 48.4 Å². The van der Waals surface area contributed by atoms with Crippen LogP contribution in [-0.4, -0.2) is 33.2 Å². The zero-order valence-corrected chi connectivity index (χ0v) is 15.3. The molecule has 0 aromatic heterocycles. The summed E-state index contributed by atoms with van der Waals surface area (Å²) < 4.78 is 28.6. The number of rotatable bonds is 8. The molecular formula is C17H21ClN2O4S. The Balaban J connectivity index is 1.82. The van der Waals surface area contributed by atoms with Crippen LogP contribution >= 0.6 is 11.6 Å². The molecule has 0 heterocycles. The van der Waals surface area contributed by atoms with Crippen molar-refractivity contribution in [3.8, 4) is 5.75 Å². The summed E-state index contributed by atoms with van der Waals surface area (Å²) in [4.78, 5) is 0.0233. The molecule has 0 radical (unpaired) electrons. The Hall–Kier alpha value is -1.64. The molecule has 0 saturated carbocycles. The number of aryl methyl sites for hydroxylation is 1. The van der Waals surface area contributed by atoms with Crippen molar-refractivity contribution in [2.75, 3.05) is 19.7 Å². The van der Waals surface area contributed by atoms with E-state index in [9.17, 15) is 13.5 Å². The van der Waals surface area contributed by atoms with Crippen LogP contribution < -0.4 is 15.2 Å². The van der Waals surface area contributed by atoms with Crippen LogP contribution in [0.15, 0.2) is 47.4 Å². The Morgan fingerprint density at radius 2 is 1.92 bits per heavy atom. The lowest BCUT2D eigenvalue weighted by Crippen LogP contribution is -2.26. The Morgan fingerprint density at radius 3 is 2.56 bits per heavy atom. The number of benzene rings is 2. The number of aliphatic hydroxyl groups excluding tert-OH is 1. The summed E-state index contributed by atoms with van der Waals surface area (Å²) in [7, 11) is -3.81. The molecular weight excluding hydrogens is 364 g/mol. The molecule has 0 aliphatic heterocycles. The average Bonchev–Trinajstić information content (AvgIpc) is 2.55. The molecule has 0 aliphatic carbocycles. The van der Waals surface area contributed by atoms with Crippen LogP contribution in [0.25, 0.3) is 0 Å². The maximum Gasteiger partial charge on any atom is 0.238 e. The fraction of sp³-hybridized carbons (Fsp3) is 0.294. The highest BCUT2D eigenvalue weighted by Gasteiger charge is 2.15. The Morgan fingerprint density at radius 1 is 1.24 bits per heavy atom. The number of halogens is 1. The number of ether oxygens (including phenoxy) is 1. The van der Waals surface area contributed by atoms with Gasteiger partial charge in [0.2, 0.25) is 10.0 Å². The number of primary sulfonamides is 1. The van der Waals surface area contributed by atoms with E-state index in [4.69, 9.17) is 21.5 Å². The van der Waals surface area contributed by atoms with Gasteiger partial charge in [-0.25, -0.2) is 13.6 Å². The SMILES string of the molecule is Cc1ccc(C(O)CNCCOc2ccc(Cl)cc2)cc1S(N)(=O)=O. The van der Waals surface area contributed by atoms with Crippen LogP contribution in [-0.2, 0) is 10.0 Å². The summed E-state index contributed by atoms with van der Waals surface area (Å²) in [5.74, 6) is 0.711. The van der Waals surface area contributed by atoms with E-state index >= 15 is 0 Å². The van der Waals surface area contributed by atoms with Gasteiger partial charge in [0.05, 0.1) is 11.0 Å². The summed E-state index contributed by atoms with van der Waals surface area (Å²) >= 11 is 5.80. The van der Waals surface area contributed by atoms with E-state index in [-0.39, 0.29) is 11.4 Å². The lowest BCUT2D eigenvalue weighted by atomic mass is 10.1. The maximum absolute atomic E-state index is 11.5. The Labute approximate surface area is 152 Å². The molecule has 8 heteroatoms. The van der Waals surface area contributed by atoms with Gasteiger partial charge in [-0.2, -0.15) is 0 Å². The molecule has 0 aliphatic rings. The molecule has 0 saturated heterocycles. The predicted molar refractivity (Wildman–Crippen MR) is 97.3 cm³/mol. The third-order valence-corrected chi connectivity index (χ3v) is 4.91. The molecule has 2 rings (SSSR count). The largest absolute Gasteiger partial charge is 0.492 e. The minimum atomic E-state index is -3.81. The van der Waals surface area contributed by atoms with Gasteiger partial charge >= 0.3 is 0 Å². The lowest BCUT2D eigenvalue weighted by Gasteiger charge is -2.14. The average molecular weight is 385 g/mol. The van der Waals surface area contributed by atoms with Gasteiger partial charge in [0.25, 0.3) is 0 Å². The zero-order valence-electron chi connectivity index (χ0n) is 13.8. The highest BCUT2D eigenvalue weighted by molar-refractivity contribution is 7.89. The standard InChI is InChI=1S/C17H21ClN2O4S/c1-12-2-3-13(10-17(12)25(19,22)23)16(21)11-20-8-9-24-15-6-4-14(18)5-7-15/h2-7,10,16,20-21H,8-9,11H2,1H3,(H2,19,22,23). The quantitative estimate of drug-likeness (QED) is 0.604. The van der Waals surface area contributed by atoms with E-state index in [1.165, 1.54) is 6.07 Å². The number of aliphatic hydroxyl groups is 1. The monoisotopic (exact) mass is 384 g/mol. The van der Waals surface area contributed by atoms with Crippen molar-refractivity contribution in [3.63, 3.8) is 0 Å². The van der Waals surface area contributed by atoms with Crippen LogP contribution in [0.5, 0.6) is 5.75 Å². The maximum atomic E-state index is 11.5. The van der Waals surface area contributed by atoms with Crippen molar-refractivity contribution >= 4 is 21.6 Å². The second-order valence-electron chi connectivity index (χ2n) is 5.59. The number of sulfonamides is 1. The van der Waals surface area contributed by atoms with Crippen LogP contribution in [0, 0.1) is 6.92 Å². The van der Waals surface area contributed by atoms with Crippen molar-refractivity contribution in [2.45, 2.75) is 17.9 Å². The second-order valence-corrected chi connectivity index (χ2v) is 7.56. The summed E-state index contributed by atoms with van der Waals surface area (Å²) in [5, 5.41) is 19.1. The molecule has 1 atom stereocenters. The second kappa shape index (κ2) is 8.64. The molecule has 0 spiro atoms. The van der Waals surface area contributed by atoms with E-state index in [1.807, 2.05) is 0 Å². The molecule has 4 N–H and O–H groups in total. The Kier molecular flexibility index (Phi) is 6.80. The normalized spacial score (nSPS) is 12.8. The molecule has 2 aromatic carbocycles. The molecule has 2 aromatic rings. The molecule has 0 bridgehead atoms. The molecule has 25 heavy (non-hydrogen) atoms. The van der Waals surface area contributed by atoms with Gasteiger partial charge in [-0.1, -0.05) is 23.7 Å². The van der Waals surface area contributed by atoms with Crippen molar-refractivity contribution in [1.82, 2.24) is 5.32 Å². The van der Waals surface area contributed by atoms with E-state index in [0.29, 0.717) is 35.1 Å². The van der Waals surface area contributed by atoms with Crippen molar-refractivity contribution in [2.24, 2.45) is 5.14 Å². The summed E-state index contributed by atoms with van der Waals surface area (Å²) in [5.41, 5.74) is 1.03. The summed E-state index contributed by atoms with van der Waals surface area (Å²) in [6.07, 6.45) is -0.850. The van der Waals surface area contributed by atoms with Gasteiger partial charge in [-0.3, -0.25) is 0 Å². The molecule has 0 amide bonds. The summed E-state index contributed by atoms with van der Waals surface area (Å²) in [6.45, 7) is 2.86.